The third-order valence-electron chi connectivity index (χ3n) is 2.82. The minimum atomic E-state index is -0.109. The summed E-state index contributed by atoms with van der Waals surface area (Å²) in [4.78, 5) is 0. The van der Waals surface area contributed by atoms with Crippen molar-refractivity contribution in [2.45, 2.75) is 33.2 Å². The number of hydrogen-bond acceptors (Lipinski definition) is 3. The highest BCUT2D eigenvalue weighted by molar-refractivity contribution is 7.71. The molecule has 0 saturated carbocycles. The van der Waals surface area contributed by atoms with Crippen molar-refractivity contribution in [3.05, 3.63) is 16.7 Å². The largest absolute Gasteiger partial charge is 0.295 e. The van der Waals surface area contributed by atoms with Crippen LogP contribution in [-0.4, -0.2) is 24.5 Å². The van der Waals surface area contributed by atoms with Crippen LogP contribution in [0.15, 0.2) is 6.20 Å². The van der Waals surface area contributed by atoms with Gasteiger partial charge in [0.05, 0.1) is 11.8 Å². The van der Waals surface area contributed by atoms with Crippen molar-refractivity contribution in [3.63, 3.8) is 0 Å². The van der Waals surface area contributed by atoms with Crippen LogP contribution in [0.1, 0.15) is 26.5 Å². The summed E-state index contributed by atoms with van der Waals surface area (Å²) in [6.07, 6.45) is 1.82. The molecule has 0 amide bonds. The number of hydrogen-bond donors (Lipinski definition) is 1. The van der Waals surface area contributed by atoms with Crippen molar-refractivity contribution >= 4 is 12.2 Å². The molecule has 1 N–H and O–H groups in total. The fraction of sp³-hybridized carbons (Fsp3) is 0.545. The van der Waals surface area contributed by atoms with Crippen LogP contribution < -0.4 is 0 Å². The van der Waals surface area contributed by atoms with Crippen LogP contribution in [0.5, 0.6) is 0 Å². The van der Waals surface area contributed by atoms with E-state index in [1.165, 1.54) is 0 Å². The van der Waals surface area contributed by atoms with Gasteiger partial charge in [0.25, 0.3) is 0 Å². The summed E-state index contributed by atoms with van der Waals surface area (Å²) in [7, 11) is 1.92. The van der Waals surface area contributed by atoms with E-state index in [2.05, 4.69) is 36.1 Å². The molecule has 0 fully saturated rings. The number of H-pyrrole nitrogens is 1. The van der Waals surface area contributed by atoms with E-state index in [9.17, 15) is 0 Å². The van der Waals surface area contributed by atoms with Crippen molar-refractivity contribution in [1.29, 1.82) is 0 Å². The highest BCUT2D eigenvalue weighted by atomic mass is 32.1. The smallest absolute Gasteiger partial charge is 0.195 e. The van der Waals surface area contributed by atoms with Crippen LogP contribution in [0, 0.1) is 11.7 Å². The Hall–Kier alpha value is -1.43. The third kappa shape index (κ3) is 1.93. The van der Waals surface area contributed by atoms with Crippen LogP contribution in [-0.2, 0) is 12.6 Å². The lowest BCUT2D eigenvalue weighted by Crippen LogP contribution is -2.23. The molecular formula is C11H17N5S. The van der Waals surface area contributed by atoms with E-state index >= 15 is 0 Å². The lowest BCUT2D eigenvalue weighted by molar-refractivity contribution is 0.395. The monoisotopic (exact) mass is 251 g/mol. The Morgan fingerprint density at radius 1 is 1.35 bits per heavy atom. The first-order valence-electron chi connectivity index (χ1n) is 5.49. The second kappa shape index (κ2) is 3.80. The summed E-state index contributed by atoms with van der Waals surface area (Å²) in [5.41, 5.74) is 1.97. The maximum absolute atomic E-state index is 5.29. The molecule has 2 heterocycles. The van der Waals surface area contributed by atoms with E-state index in [0.29, 0.717) is 4.77 Å². The molecule has 5 nitrogen and oxygen atoms in total. The first-order chi connectivity index (χ1) is 7.82. The van der Waals surface area contributed by atoms with E-state index in [1.54, 1.807) is 0 Å². The normalized spacial score (nSPS) is 12.1. The molecule has 0 aliphatic heterocycles. The van der Waals surface area contributed by atoms with Gasteiger partial charge >= 0.3 is 0 Å². The Kier molecular flexibility index (Phi) is 2.69. The second-order valence-electron chi connectivity index (χ2n) is 5.13. The Morgan fingerprint density at radius 2 is 2.00 bits per heavy atom. The summed E-state index contributed by atoms with van der Waals surface area (Å²) < 4.78 is 4.49. The Labute approximate surface area is 105 Å². The molecule has 0 radical (unpaired) electrons. The van der Waals surface area contributed by atoms with Gasteiger partial charge in [0.2, 0.25) is 0 Å². The summed E-state index contributed by atoms with van der Waals surface area (Å²) >= 11 is 5.29. The van der Waals surface area contributed by atoms with Crippen LogP contribution in [0.2, 0.25) is 0 Å². The molecular weight excluding hydrogens is 234 g/mol. The van der Waals surface area contributed by atoms with Gasteiger partial charge in [0, 0.05) is 18.3 Å². The van der Waals surface area contributed by atoms with Gasteiger partial charge in [0.15, 0.2) is 10.6 Å². The molecule has 2 aromatic heterocycles. The summed E-state index contributed by atoms with van der Waals surface area (Å²) in [5.74, 6) is 0.841. The molecule has 92 valence electrons. The second-order valence-corrected chi connectivity index (χ2v) is 5.51. The van der Waals surface area contributed by atoms with Crippen LogP contribution in [0.4, 0.5) is 0 Å². The van der Waals surface area contributed by atoms with Crippen molar-refractivity contribution in [1.82, 2.24) is 24.5 Å². The zero-order valence-electron chi connectivity index (χ0n) is 10.8. The number of aromatic nitrogens is 5. The third-order valence-corrected chi connectivity index (χ3v) is 3.09. The SMILES string of the molecule is Cc1c(-c2n[nH]c(=S)n2C(C)(C)C)cnn1C. The van der Waals surface area contributed by atoms with E-state index in [1.807, 2.05) is 29.4 Å². The van der Waals surface area contributed by atoms with Gasteiger partial charge in [-0.1, -0.05) is 0 Å². The predicted octanol–water partition coefficient (Wildman–Crippen LogP) is 2.40. The van der Waals surface area contributed by atoms with E-state index in [4.69, 9.17) is 12.2 Å². The predicted molar refractivity (Wildman–Crippen MR) is 69.3 cm³/mol. The average molecular weight is 251 g/mol. The first kappa shape index (κ1) is 12.0. The minimum Gasteiger partial charge on any atom is -0.295 e. The molecule has 0 unspecified atom stereocenters. The van der Waals surface area contributed by atoms with Gasteiger partial charge in [-0.15, -0.1) is 0 Å². The van der Waals surface area contributed by atoms with Gasteiger partial charge < -0.3 is 0 Å². The quantitative estimate of drug-likeness (QED) is 0.792. The molecule has 6 heteroatoms. The number of rotatable bonds is 1. The summed E-state index contributed by atoms with van der Waals surface area (Å²) in [6, 6.07) is 0. The first-order valence-corrected chi connectivity index (χ1v) is 5.90. The van der Waals surface area contributed by atoms with Crippen LogP contribution in [0.25, 0.3) is 11.4 Å². The fourth-order valence-corrected chi connectivity index (χ4v) is 2.22. The number of nitrogens with zero attached hydrogens (tertiary/aromatic N) is 4. The maximum Gasteiger partial charge on any atom is 0.195 e. The lowest BCUT2D eigenvalue weighted by atomic mass is 10.1. The van der Waals surface area contributed by atoms with Crippen molar-refractivity contribution in [2.75, 3.05) is 0 Å². The molecule has 0 spiro atoms. The number of aromatic amines is 1. The highest BCUT2D eigenvalue weighted by Crippen LogP contribution is 2.26. The molecule has 0 aliphatic carbocycles. The zero-order valence-corrected chi connectivity index (χ0v) is 11.6. The number of aryl methyl sites for hydroxylation is 1. The topological polar surface area (TPSA) is 51.4 Å². The summed E-state index contributed by atoms with van der Waals surface area (Å²) in [6.45, 7) is 8.33. The molecule has 2 rings (SSSR count). The zero-order chi connectivity index (χ0) is 12.8. The highest BCUT2D eigenvalue weighted by Gasteiger charge is 2.22. The lowest BCUT2D eigenvalue weighted by Gasteiger charge is -2.22. The van der Waals surface area contributed by atoms with Crippen molar-refractivity contribution < 1.29 is 0 Å². The van der Waals surface area contributed by atoms with Gasteiger partial charge in [-0.25, -0.2) is 0 Å². The molecule has 17 heavy (non-hydrogen) atoms. The standard InChI is InChI=1S/C11H17N5S/c1-7-8(6-12-15(7)5)9-13-14-10(17)16(9)11(2,3)4/h6H,1-5H3,(H,14,17). The fourth-order valence-electron chi connectivity index (χ4n) is 1.82. The van der Waals surface area contributed by atoms with Crippen molar-refractivity contribution in [2.24, 2.45) is 7.05 Å². The van der Waals surface area contributed by atoms with E-state index in [-0.39, 0.29) is 5.54 Å². The molecule has 0 aromatic carbocycles. The molecule has 0 bridgehead atoms. The number of nitrogens with one attached hydrogen (secondary N) is 1. The molecule has 2 aromatic rings. The molecule has 0 aliphatic rings. The summed E-state index contributed by atoms with van der Waals surface area (Å²) in [5, 5.41) is 11.4. The average Bonchev–Trinajstić information content (AvgIpc) is 2.71. The maximum atomic E-state index is 5.29. The van der Waals surface area contributed by atoms with Gasteiger partial charge in [0.1, 0.15) is 0 Å². The minimum absolute atomic E-state index is 0.109. The van der Waals surface area contributed by atoms with Gasteiger partial charge in [-0.05, 0) is 39.9 Å². The molecule has 0 atom stereocenters. The van der Waals surface area contributed by atoms with Crippen molar-refractivity contribution in [3.8, 4) is 11.4 Å². The Morgan fingerprint density at radius 3 is 2.47 bits per heavy atom. The van der Waals surface area contributed by atoms with Gasteiger partial charge in [-0.3, -0.25) is 14.3 Å². The van der Waals surface area contributed by atoms with E-state index < -0.39 is 0 Å². The molecule has 0 saturated heterocycles. The van der Waals surface area contributed by atoms with Gasteiger partial charge in [-0.2, -0.15) is 10.2 Å². The Bertz CT molecular complexity index is 596. The Balaban J connectivity index is 2.70. The van der Waals surface area contributed by atoms with E-state index in [0.717, 1.165) is 17.1 Å². The van der Waals surface area contributed by atoms with Crippen LogP contribution in [0.3, 0.4) is 0 Å². The van der Waals surface area contributed by atoms with Crippen LogP contribution >= 0.6 is 12.2 Å².